The van der Waals surface area contributed by atoms with Gasteiger partial charge in [0.2, 0.25) is 0 Å². The Labute approximate surface area is 87.9 Å². The summed E-state index contributed by atoms with van der Waals surface area (Å²) in [5, 5.41) is 8.70. The van der Waals surface area contributed by atoms with E-state index in [1.807, 2.05) is 28.8 Å². The van der Waals surface area contributed by atoms with E-state index in [1.54, 1.807) is 0 Å². The second kappa shape index (κ2) is 4.11. The van der Waals surface area contributed by atoms with E-state index in [0.29, 0.717) is 19.5 Å². The molecule has 0 spiro atoms. The molecule has 1 aromatic heterocycles. The van der Waals surface area contributed by atoms with E-state index in [2.05, 4.69) is 11.1 Å². The van der Waals surface area contributed by atoms with Gasteiger partial charge in [0.15, 0.2) is 0 Å². The van der Waals surface area contributed by atoms with Gasteiger partial charge in [-0.25, -0.2) is 4.98 Å². The lowest BCUT2D eigenvalue weighted by Crippen LogP contribution is -2.12. The van der Waals surface area contributed by atoms with Crippen LogP contribution in [0.4, 0.5) is 0 Å². The summed E-state index contributed by atoms with van der Waals surface area (Å²) in [5.74, 6) is 0.796. The molecule has 76 valence electrons. The van der Waals surface area contributed by atoms with Gasteiger partial charge in [-0.2, -0.15) is 5.26 Å². The highest BCUT2D eigenvalue weighted by Gasteiger charge is 2.08. The molecule has 15 heavy (non-hydrogen) atoms. The van der Waals surface area contributed by atoms with Crippen LogP contribution in [0, 0.1) is 11.3 Å². The molecule has 0 radical (unpaired) electrons. The average molecular weight is 200 g/mol. The summed E-state index contributed by atoms with van der Waals surface area (Å²) in [6, 6.07) is 9.97. The third-order valence-electron chi connectivity index (χ3n) is 2.32. The maximum atomic E-state index is 8.70. The standard InChI is InChI=1S/C11H12N4/c12-6-5-11-14-9-3-1-2-4-10(9)15(11)8-7-13/h1-4H,5,7-8,13H2. The van der Waals surface area contributed by atoms with Crippen LogP contribution in [-0.4, -0.2) is 16.1 Å². The van der Waals surface area contributed by atoms with E-state index in [0.717, 1.165) is 16.9 Å². The first-order valence-corrected chi connectivity index (χ1v) is 4.88. The maximum Gasteiger partial charge on any atom is 0.124 e. The van der Waals surface area contributed by atoms with Crippen molar-refractivity contribution in [2.75, 3.05) is 6.54 Å². The van der Waals surface area contributed by atoms with E-state index in [1.165, 1.54) is 0 Å². The highest BCUT2D eigenvalue weighted by molar-refractivity contribution is 5.75. The Morgan fingerprint density at radius 1 is 1.40 bits per heavy atom. The van der Waals surface area contributed by atoms with Gasteiger partial charge < -0.3 is 10.3 Å². The Balaban J connectivity index is 2.59. The molecule has 1 heterocycles. The smallest absolute Gasteiger partial charge is 0.124 e. The number of hydrogen-bond acceptors (Lipinski definition) is 3. The lowest BCUT2D eigenvalue weighted by molar-refractivity contribution is 0.694. The van der Waals surface area contributed by atoms with Gasteiger partial charge in [-0.15, -0.1) is 0 Å². The molecule has 0 fully saturated rings. The largest absolute Gasteiger partial charge is 0.329 e. The first-order valence-electron chi connectivity index (χ1n) is 4.88. The van der Waals surface area contributed by atoms with Gasteiger partial charge in [-0.3, -0.25) is 0 Å². The first kappa shape index (κ1) is 9.69. The van der Waals surface area contributed by atoms with Crippen molar-refractivity contribution in [1.82, 2.24) is 9.55 Å². The molecule has 4 heteroatoms. The number of benzene rings is 1. The molecule has 0 saturated carbocycles. The van der Waals surface area contributed by atoms with Crippen LogP contribution in [0.1, 0.15) is 5.82 Å². The zero-order chi connectivity index (χ0) is 10.7. The Morgan fingerprint density at radius 3 is 2.93 bits per heavy atom. The second-order valence-electron chi connectivity index (χ2n) is 3.29. The fraction of sp³-hybridized carbons (Fsp3) is 0.273. The Kier molecular flexibility index (Phi) is 2.66. The predicted octanol–water partition coefficient (Wildman–Crippen LogP) is 1.06. The quantitative estimate of drug-likeness (QED) is 0.805. The third kappa shape index (κ3) is 1.69. The number of imidazole rings is 1. The van der Waals surface area contributed by atoms with Crippen LogP contribution in [-0.2, 0) is 13.0 Å². The van der Waals surface area contributed by atoms with Crippen molar-refractivity contribution < 1.29 is 0 Å². The topological polar surface area (TPSA) is 67.6 Å². The SMILES string of the molecule is N#CCc1nc2ccccc2n1CCN. The fourth-order valence-corrected chi connectivity index (χ4v) is 1.71. The highest BCUT2D eigenvalue weighted by atomic mass is 15.1. The van der Waals surface area contributed by atoms with E-state index in [9.17, 15) is 0 Å². The summed E-state index contributed by atoms with van der Waals surface area (Å²) in [6.07, 6.45) is 0.328. The molecule has 0 aliphatic heterocycles. The number of fused-ring (bicyclic) bond motifs is 1. The molecule has 4 nitrogen and oxygen atoms in total. The van der Waals surface area contributed by atoms with Gasteiger partial charge in [-0.05, 0) is 12.1 Å². The minimum atomic E-state index is 0.328. The van der Waals surface area contributed by atoms with Crippen molar-refractivity contribution >= 4 is 11.0 Å². The molecule has 0 unspecified atom stereocenters. The van der Waals surface area contributed by atoms with E-state index in [-0.39, 0.29) is 0 Å². The van der Waals surface area contributed by atoms with Gasteiger partial charge in [0, 0.05) is 13.1 Å². The molecule has 0 aliphatic carbocycles. The zero-order valence-corrected chi connectivity index (χ0v) is 8.35. The lowest BCUT2D eigenvalue weighted by atomic mass is 10.3. The Morgan fingerprint density at radius 2 is 2.20 bits per heavy atom. The predicted molar refractivity (Wildman–Crippen MR) is 58.1 cm³/mol. The first-order chi connectivity index (χ1) is 7.36. The summed E-state index contributed by atoms with van der Waals surface area (Å²) >= 11 is 0. The third-order valence-corrected chi connectivity index (χ3v) is 2.32. The summed E-state index contributed by atoms with van der Waals surface area (Å²) < 4.78 is 2.01. The monoisotopic (exact) mass is 200 g/mol. The summed E-state index contributed by atoms with van der Waals surface area (Å²) in [4.78, 5) is 4.41. The zero-order valence-electron chi connectivity index (χ0n) is 8.35. The summed E-state index contributed by atoms with van der Waals surface area (Å²) in [7, 11) is 0. The van der Waals surface area contributed by atoms with E-state index < -0.39 is 0 Å². The average Bonchev–Trinajstić information content (AvgIpc) is 2.59. The Hall–Kier alpha value is -1.86. The van der Waals surface area contributed by atoms with Crippen LogP contribution in [0.25, 0.3) is 11.0 Å². The molecule has 0 atom stereocenters. The molecule has 0 aliphatic rings. The van der Waals surface area contributed by atoms with Gasteiger partial charge in [-0.1, -0.05) is 12.1 Å². The summed E-state index contributed by atoms with van der Waals surface area (Å²) in [5.41, 5.74) is 7.52. The van der Waals surface area contributed by atoms with Gasteiger partial charge >= 0.3 is 0 Å². The maximum absolute atomic E-state index is 8.70. The highest BCUT2D eigenvalue weighted by Crippen LogP contribution is 2.15. The number of nitrogens with two attached hydrogens (primary N) is 1. The van der Waals surface area contributed by atoms with Crippen molar-refractivity contribution in [3.63, 3.8) is 0 Å². The second-order valence-corrected chi connectivity index (χ2v) is 3.29. The van der Waals surface area contributed by atoms with Crippen molar-refractivity contribution in [2.45, 2.75) is 13.0 Å². The molecule has 0 amide bonds. The van der Waals surface area contributed by atoms with Crippen LogP contribution in [0.15, 0.2) is 24.3 Å². The van der Waals surface area contributed by atoms with Crippen LogP contribution in [0.2, 0.25) is 0 Å². The van der Waals surface area contributed by atoms with Crippen molar-refractivity contribution in [3.05, 3.63) is 30.1 Å². The van der Waals surface area contributed by atoms with Crippen molar-refractivity contribution in [2.24, 2.45) is 5.73 Å². The van der Waals surface area contributed by atoms with Crippen LogP contribution < -0.4 is 5.73 Å². The molecule has 2 rings (SSSR count). The van der Waals surface area contributed by atoms with Gasteiger partial charge in [0.1, 0.15) is 5.82 Å². The lowest BCUT2D eigenvalue weighted by Gasteiger charge is -2.04. The number of nitrogens with zero attached hydrogens (tertiary/aromatic N) is 3. The molecule has 2 N–H and O–H groups in total. The minimum Gasteiger partial charge on any atom is -0.329 e. The van der Waals surface area contributed by atoms with E-state index in [4.69, 9.17) is 11.0 Å². The fourth-order valence-electron chi connectivity index (χ4n) is 1.71. The number of para-hydroxylation sites is 2. The molecule has 2 aromatic rings. The summed E-state index contributed by atoms with van der Waals surface area (Å²) in [6.45, 7) is 1.26. The van der Waals surface area contributed by atoms with Gasteiger partial charge in [0.25, 0.3) is 0 Å². The molecule has 0 saturated heterocycles. The molecule has 1 aromatic carbocycles. The Bertz CT molecular complexity index is 507. The minimum absolute atomic E-state index is 0.328. The molecule has 0 bridgehead atoms. The van der Waals surface area contributed by atoms with Crippen molar-refractivity contribution in [1.29, 1.82) is 5.26 Å². The van der Waals surface area contributed by atoms with Crippen LogP contribution in [0.5, 0.6) is 0 Å². The molecular weight excluding hydrogens is 188 g/mol. The van der Waals surface area contributed by atoms with Crippen LogP contribution >= 0.6 is 0 Å². The number of aromatic nitrogens is 2. The van der Waals surface area contributed by atoms with Crippen LogP contribution in [0.3, 0.4) is 0 Å². The number of nitriles is 1. The van der Waals surface area contributed by atoms with Gasteiger partial charge in [0.05, 0.1) is 23.5 Å². The normalized spacial score (nSPS) is 10.4. The molecular formula is C11H12N4. The van der Waals surface area contributed by atoms with Crippen molar-refractivity contribution in [3.8, 4) is 6.07 Å². The van der Waals surface area contributed by atoms with E-state index >= 15 is 0 Å². The number of rotatable bonds is 3. The number of hydrogen-bond donors (Lipinski definition) is 1.